The number of fused-ring (bicyclic) bond motifs is 1. The van der Waals surface area contributed by atoms with Crippen LogP contribution in [0.15, 0.2) is 48.5 Å². The Morgan fingerprint density at radius 2 is 1.80 bits per heavy atom. The summed E-state index contributed by atoms with van der Waals surface area (Å²) in [6.45, 7) is 3.93. The van der Waals surface area contributed by atoms with E-state index < -0.39 is 0 Å². The maximum Gasteiger partial charge on any atom is 0.337 e. The summed E-state index contributed by atoms with van der Waals surface area (Å²) in [7, 11) is 1.38. The number of rotatable bonds is 6. The van der Waals surface area contributed by atoms with Crippen molar-refractivity contribution in [3.8, 4) is 0 Å². The molecule has 156 valence electrons. The van der Waals surface area contributed by atoms with E-state index in [0.717, 1.165) is 31.5 Å². The Bertz CT molecular complexity index is 963. The first-order chi connectivity index (χ1) is 14.5. The van der Waals surface area contributed by atoms with E-state index in [9.17, 15) is 9.59 Å². The number of piperidine rings is 1. The zero-order chi connectivity index (χ0) is 20.9. The van der Waals surface area contributed by atoms with Crippen LogP contribution in [-0.4, -0.2) is 36.5 Å². The molecule has 1 N–H and O–H groups in total. The molecule has 0 aromatic heterocycles. The average molecular weight is 405 g/mol. The van der Waals surface area contributed by atoms with Crippen molar-refractivity contribution in [3.63, 3.8) is 0 Å². The molecule has 3 fully saturated rings. The summed E-state index contributed by atoms with van der Waals surface area (Å²) in [5, 5.41) is 3.37. The van der Waals surface area contributed by atoms with Crippen LogP contribution in [-0.2, 0) is 21.6 Å². The fourth-order valence-corrected chi connectivity index (χ4v) is 4.97. The van der Waals surface area contributed by atoms with E-state index in [4.69, 9.17) is 4.74 Å². The predicted octanol–water partition coefficient (Wildman–Crippen LogP) is 3.41. The zero-order valence-electron chi connectivity index (χ0n) is 17.6. The van der Waals surface area contributed by atoms with Crippen LogP contribution in [0.4, 0.5) is 0 Å². The summed E-state index contributed by atoms with van der Waals surface area (Å²) < 4.78 is 4.78. The molecular weight excluding hydrogens is 376 g/mol. The molecule has 0 radical (unpaired) electrons. The lowest BCUT2D eigenvalue weighted by atomic mass is 10.0. The van der Waals surface area contributed by atoms with E-state index in [2.05, 4.69) is 41.4 Å². The highest BCUT2D eigenvalue weighted by Gasteiger charge is 2.57. The van der Waals surface area contributed by atoms with Crippen LogP contribution < -0.4 is 5.32 Å². The van der Waals surface area contributed by atoms with Crippen molar-refractivity contribution in [1.29, 1.82) is 0 Å². The van der Waals surface area contributed by atoms with Gasteiger partial charge in [0.1, 0.15) is 0 Å². The predicted molar refractivity (Wildman–Crippen MR) is 114 cm³/mol. The largest absolute Gasteiger partial charge is 0.465 e. The third kappa shape index (κ3) is 3.52. The second kappa shape index (κ2) is 7.24. The standard InChI is InChI=1S/C25H28N2O3/c1-16-3-5-17(6-4-16)14-27-15-19-13-21(19)22(27)23(28)26-25(11-12-25)20-9-7-18(8-10-20)24(29)30-2/h3-10,19,21-22H,11-15H2,1-2H3,(H,26,28). The molecule has 1 saturated heterocycles. The molecule has 2 aromatic rings. The highest BCUT2D eigenvalue weighted by Crippen LogP contribution is 2.51. The van der Waals surface area contributed by atoms with Crippen LogP contribution in [0.25, 0.3) is 0 Å². The van der Waals surface area contributed by atoms with Crippen LogP contribution in [0, 0.1) is 18.8 Å². The number of nitrogens with zero attached hydrogens (tertiary/aromatic N) is 1. The number of methoxy groups -OCH3 is 1. The molecule has 5 nitrogen and oxygen atoms in total. The van der Waals surface area contributed by atoms with Gasteiger partial charge in [0, 0.05) is 13.1 Å². The molecule has 2 saturated carbocycles. The lowest BCUT2D eigenvalue weighted by Gasteiger charge is -2.29. The SMILES string of the molecule is COC(=O)c1ccc(C2(NC(=O)C3C4CC4CN3Cc3ccc(C)cc3)CC2)cc1. The minimum absolute atomic E-state index is 0.0388. The molecule has 2 aliphatic carbocycles. The normalized spacial score (nSPS) is 26.0. The van der Waals surface area contributed by atoms with Crippen LogP contribution in [0.1, 0.15) is 46.3 Å². The quantitative estimate of drug-likeness (QED) is 0.750. The molecule has 5 rings (SSSR count). The number of nitrogens with one attached hydrogen (secondary N) is 1. The van der Waals surface area contributed by atoms with Gasteiger partial charge in [-0.05, 0) is 61.3 Å². The van der Waals surface area contributed by atoms with Gasteiger partial charge in [-0.3, -0.25) is 9.69 Å². The van der Waals surface area contributed by atoms with E-state index in [0.29, 0.717) is 17.4 Å². The molecule has 3 unspecified atom stereocenters. The Morgan fingerprint density at radius 3 is 2.43 bits per heavy atom. The first-order valence-corrected chi connectivity index (χ1v) is 10.8. The van der Waals surface area contributed by atoms with Gasteiger partial charge < -0.3 is 10.1 Å². The van der Waals surface area contributed by atoms with Crippen molar-refractivity contribution in [2.75, 3.05) is 13.7 Å². The fraction of sp³-hybridized carbons (Fsp3) is 0.440. The monoisotopic (exact) mass is 404 g/mol. The molecule has 3 atom stereocenters. The number of amides is 1. The summed E-state index contributed by atoms with van der Waals surface area (Å²) in [6, 6.07) is 16.0. The first kappa shape index (κ1) is 19.3. The number of carbonyl (C=O) groups is 2. The zero-order valence-corrected chi connectivity index (χ0v) is 17.6. The lowest BCUT2D eigenvalue weighted by molar-refractivity contribution is -0.127. The van der Waals surface area contributed by atoms with E-state index in [-0.39, 0.29) is 23.5 Å². The van der Waals surface area contributed by atoms with Gasteiger partial charge in [-0.15, -0.1) is 0 Å². The maximum absolute atomic E-state index is 13.4. The van der Waals surface area contributed by atoms with Gasteiger partial charge in [-0.1, -0.05) is 42.0 Å². The minimum atomic E-state index is -0.340. The van der Waals surface area contributed by atoms with E-state index >= 15 is 0 Å². The Balaban J connectivity index is 1.29. The number of esters is 1. The molecule has 3 aliphatic rings. The Kier molecular flexibility index (Phi) is 4.66. The van der Waals surface area contributed by atoms with Gasteiger partial charge in [-0.2, -0.15) is 0 Å². The summed E-state index contributed by atoms with van der Waals surface area (Å²) >= 11 is 0. The topological polar surface area (TPSA) is 58.6 Å². The number of aryl methyl sites for hydroxylation is 1. The third-order valence-corrected chi connectivity index (χ3v) is 6.99. The number of likely N-dealkylation sites (tertiary alicyclic amines) is 1. The van der Waals surface area contributed by atoms with Gasteiger partial charge in [0.05, 0.1) is 24.3 Å². The molecule has 30 heavy (non-hydrogen) atoms. The Morgan fingerprint density at radius 1 is 1.10 bits per heavy atom. The van der Waals surface area contributed by atoms with Crippen molar-refractivity contribution in [3.05, 3.63) is 70.8 Å². The molecule has 5 heteroatoms. The van der Waals surface area contributed by atoms with Crippen LogP contribution >= 0.6 is 0 Å². The number of hydrogen-bond acceptors (Lipinski definition) is 4. The average Bonchev–Trinajstić information content (AvgIpc) is 3.67. The molecule has 1 heterocycles. The van der Waals surface area contributed by atoms with Gasteiger partial charge in [-0.25, -0.2) is 4.79 Å². The molecule has 1 aliphatic heterocycles. The van der Waals surface area contributed by atoms with Crippen LogP contribution in [0.2, 0.25) is 0 Å². The molecule has 1 amide bonds. The number of benzene rings is 2. The Labute approximate surface area is 177 Å². The van der Waals surface area contributed by atoms with Crippen LogP contribution in [0.3, 0.4) is 0 Å². The van der Waals surface area contributed by atoms with Crippen molar-refractivity contribution in [1.82, 2.24) is 10.2 Å². The number of carbonyl (C=O) groups excluding carboxylic acids is 2. The second-order valence-electron chi connectivity index (χ2n) is 9.16. The van der Waals surface area contributed by atoms with Crippen molar-refractivity contribution in [2.45, 2.75) is 44.3 Å². The van der Waals surface area contributed by atoms with Gasteiger partial charge in [0.25, 0.3) is 0 Å². The van der Waals surface area contributed by atoms with Gasteiger partial charge in [0.2, 0.25) is 5.91 Å². The molecular formula is C25H28N2O3. The van der Waals surface area contributed by atoms with E-state index in [1.54, 1.807) is 12.1 Å². The molecule has 0 bridgehead atoms. The van der Waals surface area contributed by atoms with Gasteiger partial charge in [0.15, 0.2) is 0 Å². The highest BCUT2D eigenvalue weighted by molar-refractivity contribution is 5.89. The fourth-order valence-electron chi connectivity index (χ4n) is 4.97. The number of ether oxygens (including phenoxy) is 1. The van der Waals surface area contributed by atoms with Crippen LogP contribution in [0.5, 0.6) is 0 Å². The van der Waals surface area contributed by atoms with Crippen molar-refractivity contribution >= 4 is 11.9 Å². The van der Waals surface area contributed by atoms with Gasteiger partial charge >= 0.3 is 5.97 Å². The minimum Gasteiger partial charge on any atom is -0.465 e. The smallest absolute Gasteiger partial charge is 0.337 e. The van der Waals surface area contributed by atoms with Crippen molar-refractivity contribution < 1.29 is 14.3 Å². The summed E-state index contributed by atoms with van der Waals surface area (Å²) in [6.07, 6.45) is 3.05. The summed E-state index contributed by atoms with van der Waals surface area (Å²) in [5.74, 6) is 0.975. The number of hydrogen-bond donors (Lipinski definition) is 1. The second-order valence-corrected chi connectivity index (χ2v) is 9.16. The first-order valence-electron chi connectivity index (χ1n) is 10.8. The summed E-state index contributed by atoms with van der Waals surface area (Å²) in [5.41, 5.74) is 3.84. The van der Waals surface area contributed by atoms with E-state index in [1.165, 1.54) is 24.7 Å². The van der Waals surface area contributed by atoms with Crippen molar-refractivity contribution in [2.24, 2.45) is 11.8 Å². The Hall–Kier alpha value is -2.66. The molecule has 0 spiro atoms. The summed E-state index contributed by atoms with van der Waals surface area (Å²) in [4.78, 5) is 27.4. The van der Waals surface area contributed by atoms with E-state index in [1.807, 2.05) is 12.1 Å². The lowest BCUT2D eigenvalue weighted by Crippen LogP contribution is -2.48. The highest BCUT2D eigenvalue weighted by atomic mass is 16.5. The maximum atomic E-state index is 13.4. The molecule has 2 aromatic carbocycles. The third-order valence-electron chi connectivity index (χ3n) is 6.99.